The van der Waals surface area contributed by atoms with E-state index in [0.717, 1.165) is 19.3 Å². The van der Waals surface area contributed by atoms with Crippen LogP contribution in [0.5, 0.6) is 0 Å². The third-order valence-corrected chi connectivity index (χ3v) is 2.55. The van der Waals surface area contributed by atoms with Crippen LogP contribution in [0.15, 0.2) is 0 Å². The topological polar surface area (TPSA) is 105 Å². The van der Waals surface area contributed by atoms with Crippen molar-refractivity contribution in [2.75, 3.05) is 19.6 Å². The fraction of sp³-hybridized carbons (Fsp3) is 0.700. The third kappa shape index (κ3) is 5.41. The molecule has 0 atom stereocenters. The SMILES string of the molecule is NNC(=O)CCCCCN1CC(=O)NC(=O)C1. The second-order valence-corrected chi connectivity index (χ2v) is 4.06. The zero-order valence-electron chi connectivity index (χ0n) is 9.70. The number of nitrogens with two attached hydrogens (primary N) is 1. The average molecular weight is 242 g/mol. The fourth-order valence-corrected chi connectivity index (χ4v) is 1.72. The number of carbonyl (C=O) groups is 3. The summed E-state index contributed by atoms with van der Waals surface area (Å²) in [6.45, 7) is 1.24. The van der Waals surface area contributed by atoms with E-state index in [9.17, 15) is 14.4 Å². The molecule has 1 rings (SSSR count). The summed E-state index contributed by atoms with van der Waals surface area (Å²) in [7, 11) is 0. The zero-order valence-corrected chi connectivity index (χ0v) is 9.70. The molecule has 4 N–H and O–H groups in total. The van der Waals surface area contributed by atoms with Gasteiger partial charge in [0, 0.05) is 6.42 Å². The number of rotatable bonds is 6. The Morgan fingerprint density at radius 3 is 2.47 bits per heavy atom. The highest BCUT2D eigenvalue weighted by Crippen LogP contribution is 2.03. The van der Waals surface area contributed by atoms with Gasteiger partial charge in [-0.2, -0.15) is 0 Å². The van der Waals surface area contributed by atoms with E-state index in [1.54, 1.807) is 0 Å². The Bertz CT molecular complexity index is 290. The molecule has 1 saturated heterocycles. The summed E-state index contributed by atoms with van der Waals surface area (Å²) in [5.74, 6) is 4.28. The van der Waals surface area contributed by atoms with Gasteiger partial charge in [0.2, 0.25) is 17.7 Å². The Kier molecular flexibility index (Phi) is 5.58. The first-order chi connectivity index (χ1) is 8.11. The standard InChI is InChI=1S/C10H18N4O3/c11-13-8(15)4-2-1-3-5-14-6-9(16)12-10(17)7-14/h1-7,11H2,(H,13,15)(H,12,16,17). The Morgan fingerprint density at radius 1 is 1.24 bits per heavy atom. The highest BCUT2D eigenvalue weighted by Gasteiger charge is 2.21. The molecule has 1 aliphatic heterocycles. The van der Waals surface area contributed by atoms with Gasteiger partial charge < -0.3 is 0 Å². The van der Waals surface area contributed by atoms with Crippen LogP contribution in [0.2, 0.25) is 0 Å². The summed E-state index contributed by atoms with van der Waals surface area (Å²) in [6, 6.07) is 0. The average Bonchev–Trinajstić information content (AvgIpc) is 2.27. The largest absolute Gasteiger partial charge is 0.294 e. The van der Waals surface area contributed by atoms with Crippen LogP contribution in [0.1, 0.15) is 25.7 Å². The third-order valence-electron chi connectivity index (χ3n) is 2.55. The van der Waals surface area contributed by atoms with Crippen molar-refractivity contribution in [3.63, 3.8) is 0 Å². The molecule has 0 radical (unpaired) electrons. The maximum Gasteiger partial charge on any atom is 0.240 e. The van der Waals surface area contributed by atoms with Crippen molar-refractivity contribution < 1.29 is 14.4 Å². The summed E-state index contributed by atoms with van der Waals surface area (Å²) in [5, 5.41) is 2.25. The van der Waals surface area contributed by atoms with Crippen LogP contribution in [-0.2, 0) is 14.4 Å². The van der Waals surface area contributed by atoms with Gasteiger partial charge in [-0.3, -0.25) is 30.0 Å². The number of carbonyl (C=O) groups excluding carboxylic acids is 3. The van der Waals surface area contributed by atoms with Crippen LogP contribution >= 0.6 is 0 Å². The lowest BCUT2D eigenvalue weighted by atomic mass is 10.1. The maximum absolute atomic E-state index is 11.1. The molecule has 0 spiro atoms. The predicted molar refractivity (Wildman–Crippen MR) is 60.4 cm³/mol. The summed E-state index contributed by atoms with van der Waals surface area (Å²) in [5.41, 5.74) is 2.07. The molecule has 0 aromatic rings. The highest BCUT2D eigenvalue weighted by molar-refractivity contribution is 5.99. The van der Waals surface area contributed by atoms with Gasteiger partial charge in [-0.05, 0) is 19.4 Å². The van der Waals surface area contributed by atoms with Crippen molar-refractivity contribution in [3.05, 3.63) is 0 Å². The van der Waals surface area contributed by atoms with Crippen molar-refractivity contribution >= 4 is 17.7 Å². The van der Waals surface area contributed by atoms with Gasteiger partial charge in [0.05, 0.1) is 13.1 Å². The minimum absolute atomic E-state index is 0.169. The van der Waals surface area contributed by atoms with Crippen LogP contribution in [0.4, 0.5) is 0 Å². The van der Waals surface area contributed by atoms with Gasteiger partial charge in [0.15, 0.2) is 0 Å². The lowest BCUT2D eigenvalue weighted by molar-refractivity contribution is -0.136. The number of nitrogens with zero attached hydrogens (tertiary/aromatic N) is 1. The molecule has 1 heterocycles. The van der Waals surface area contributed by atoms with E-state index >= 15 is 0 Å². The maximum atomic E-state index is 11.1. The van der Waals surface area contributed by atoms with Crippen molar-refractivity contribution in [1.82, 2.24) is 15.6 Å². The van der Waals surface area contributed by atoms with E-state index in [1.165, 1.54) is 0 Å². The first kappa shape index (κ1) is 13.6. The Hall–Kier alpha value is -1.47. The van der Waals surface area contributed by atoms with Gasteiger partial charge in [-0.1, -0.05) is 6.42 Å². The van der Waals surface area contributed by atoms with Gasteiger partial charge in [-0.15, -0.1) is 0 Å². The van der Waals surface area contributed by atoms with Gasteiger partial charge >= 0.3 is 0 Å². The molecule has 0 bridgehead atoms. The van der Waals surface area contributed by atoms with E-state index < -0.39 is 0 Å². The highest BCUT2D eigenvalue weighted by atomic mass is 16.2. The molecule has 7 nitrogen and oxygen atoms in total. The first-order valence-corrected chi connectivity index (χ1v) is 5.66. The minimum atomic E-state index is -0.247. The molecule has 0 unspecified atom stereocenters. The molecular formula is C10H18N4O3. The molecule has 3 amide bonds. The quantitative estimate of drug-likeness (QED) is 0.173. The van der Waals surface area contributed by atoms with Gasteiger partial charge in [-0.25, -0.2) is 5.84 Å². The Morgan fingerprint density at radius 2 is 1.88 bits per heavy atom. The lowest BCUT2D eigenvalue weighted by Gasteiger charge is -2.24. The summed E-state index contributed by atoms with van der Waals surface area (Å²) >= 11 is 0. The molecule has 0 saturated carbocycles. The second kappa shape index (κ2) is 6.97. The van der Waals surface area contributed by atoms with Crippen molar-refractivity contribution in [2.45, 2.75) is 25.7 Å². The lowest BCUT2D eigenvalue weighted by Crippen LogP contribution is -2.51. The smallest absolute Gasteiger partial charge is 0.240 e. The molecule has 7 heteroatoms. The van der Waals surface area contributed by atoms with Crippen LogP contribution in [0, 0.1) is 0 Å². The summed E-state index contributed by atoms with van der Waals surface area (Å²) < 4.78 is 0. The number of piperazine rings is 1. The van der Waals surface area contributed by atoms with Crippen LogP contribution in [0.25, 0.3) is 0 Å². The van der Waals surface area contributed by atoms with Crippen molar-refractivity contribution in [2.24, 2.45) is 5.84 Å². The van der Waals surface area contributed by atoms with Crippen LogP contribution in [-0.4, -0.2) is 42.3 Å². The molecule has 0 aromatic carbocycles. The molecule has 0 aliphatic carbocycles. The van der Waals surface area contributed by atoms with Gasteiger partial charge in [0.25, 0.3) is 0 Å². The number of hydrazine groups is 1. The number of amides is 3. The van der Waals surface area contributed by atoms with E-state index in [-0.39, 0.29) is 30.8 Å². The van der Waals surface area contributed by atoms with E-state index in [0.29, 0.717) is 13.0 Å². The predicted octanol–water partition coefficient (Wildman–Crippen LogP) is -1.50. The number of hydrogen-bond acceptors (Lipinski definition) is 5. The number of unbranched alkanes of at least 4 members (excludes halogenated alkanes) is 2. The molecule has 1 fully saturated rings. The van der Waals surface area contributed by atoms with E-state index in [1.807, 2.05) is 4.90 Å². The molecule has 1 aliphatic rings. The first-order valence-electron chi connectivity index (χ1n) is 5.66. The Labute approximate surface area is 99.7 Å². The Balaban J connectivity index is 2.08. The normalized spacial score (nSPS) is 16.8. The van der Waals surface area contributed by atoms with Crippen LogP contribution in [0.3, 0.4) is 0 Å². The minimum Gasteiger partial charge on any atom is -0.294 e. The molecule has 96 valence electrons. The fourth-order valence-electron chi connectivity index (χ4n) is 1.72. The molecule has 17 heavy (non-hydrogen) atoms. The van der Waals surface area contributed by atoms with E-state index in [4.69, 9.17) is 5.84 Å². The monoisotopic (exact) mass is 242 g/mol. The second-order valence-electron chi connectivity index (χ2n) is 4.06. The van der Waals surface area contributed by atoms with Crippen molar-refractivity contribution in [3.8, 4) is 0 Å². The summed E-state index contributed by atoms with van der Waals surface area (Å²) in [4.78, 5) is 34.7. The number of hydrogen-bond donors (Lipinski definition) is 3. The number of imide groups is 1. The van der Waals surface area contributed by atoms with E-state index in [2.05, 4.69) is 10.7 Å². The van der Waals surface area contributed by atoms with Crippen molar-refractivity contribution in [1.29, 1.82) is 0 Å². The molecule has 0 aromatic heterocycles. The van der Waals surface area contributed by atoms with Crippen LogP contribution < -0.4 is 16.6 Å². The molecular weight excluding hydrogens is 224 g/mol. The number of nitrogens with one attached hydrogen (secondary N) is 2. The zero-order chi connectivity index (χ0) is 12.7. The summed E-state index contributed by atoms with van der Waals surface area (Å²) in [6.07, 6.45) is 2.91. The van der Waals surface area contributed by atoms with Gasteiger partial charge in [0.1, 0.15) is 0 Å².